The van der Waals surface area contributed by atoms with Gasteiger partial charge in [0.05, 0.1) is 4.92 Å². The van der Waals surface area contributed by atoms with E-state index in [1.54, 1.807) is 6.07 Å². The lowest BCUT2D eigenvalue weighted by Crippen LogP contribution is -1.94. The molecule has 0 fully saturated rings. The van der Waals surface area contributed by atoms with E-state index in [-0.39, 0.29) is 11.4 Å². The average molecular weight is 343 g/mol. The van der Waals surface area contributed by atoms with E-state index in [9.17, 15) is 10.1 Å². The minimum Gasteiger partial charge on any atom is -0.450 e. The van der Waals surface area contributed by atoms with E-state index >= 15 is 0 Å². The molecule has 0 aliphatic rings. The van der Waals surface area contributed by atoms with Gasteiger partial charge < -0.3 is 4.74 Å². The number of aryl methyl sites for hydroxylation is 1. The van der Waals surface area contributed by atoms with Gasteiger partial charge in [-0.05, 0) is 30.7 Å². The van der Waals surface area contributed by atoms with Crippen LogP contribution < -0.4 is 4.74 Å². The minimum absolute atomic E-state index is 0.122. The van der Waals surface area contributed by atoms with Gasteiger partial charge in [-0.25, -0.2) is 0 Å². The normalized spacial score (nSPS) is 10.3. The predicted molar refractivity (Wildman–Crippen MR) is 77.1 cm³/mol. The molecular formula is C13H9BrClNO3. The van der Waals surface area contributed by atoms with Crippen LogP contribution in [0.4, 0.5) is 5.69 Å². The van der Waals surface area contributed by atoms with E-state index in [1.165, 1.54) is 18.2 Å². The number of nitro groups is 1. The predicted octanol–water partition coefficient (Wildman–Crippen LogP) is 5.11. The summed E-state index contributed by atoms with van der Waals surface area (Å²) >= 11 is 9.18. The molecule has 0 heterocycles. The number of nitro benzene ring substituents is 1. The van der Waals surface area contributed by atoms with Gasteiger partial charge in [0.25, 0.3) is 0 Å². The molecule has 4 nitrogen and oxygen atoms in total. The monoisotopic (exact) mass is 341 g/mol. The summed E-state index contributed by atoms with van der Waals surface area (Å²) in [5, 5.41) is 11.3. The number of nitrogens with zero attached hydrogens (tertiary/aromatic N) is 1. The highest BCUT2D eigenvalue weighted by molar-refractivity contribution is 9.10. The quantitative estimate of drug-likeness (QED) is 0.575. The first-order chi connectivity index (χ1) is 8.97. The molecule has 0 atom stereocenters. The first-order valence-electron chi connectivity index (χ1n) is 5.35. The van der Waals surface area contributed by atoms with Crippen LogP contribution in [-0.4, -0.2) is 4.92 Å². The largest absolute Gasteiger partial charge is 0.450 e. The van der Waals surface area contributed by atoms with Crippen molar-refractivity contribution in [3.05, 3.63) is 61.6 Å². The Bertz CT molecular complexity index is 646. The Hall–Kier alpha value is -1.59. The van der Waals surface area contributed by atoms with Gasteiger partial charge in [0.15, 0.2) is 0 Å². The Labute approximate surface area is 123 Å². The molecule has 0 aromatic heterocycles. The highest BCUT2D eigenvalue weighted by Crippen LogP contribution is 2.35. The maximum atomic E-state index is 10.9. The highest BCUT2D eigenvalue weighted by Gasteiger charge is 2.17. The number of ether oxygens (including phenoxy) is 1. The molecule has 98 valence electrons. The molecule has 6 heteroatoms. The average Bonchev–Trinajstić information content (AvgIpc) is 2.33. The third kappa shape index (κ3) is 3.24. The summed E-state index contributed by atoms with van der Waals surface area (Å²) in [5.41, 5.74) is 0.751. The molecule has 0 radical (unpaired) electrons. The van der Waals surface area contributed by atoms with Gasteiger partial charge in [-0.1, -0.05) is 33.6 Å². The van der Waals surface area contributed by atoms with E-state index in [0.29, 0.717) is 10.8 Å². The van der Waals surface area contributed by atoms with Crippen molar-refractivity contribution in [1.82, 2.24) is 0 Å². The lowest BCUT2D eigenvalue weighted by atomic mass is 10.2. The second kappa shape index (κ2) is 5.59. The van der Waals surface area contributed by atoms with Crippen LogP contribution in [0, 0.1) is 17.0 Å². The molecule has 0 saturated heterocycles. The topological polar surface area (TPSA) is 52.4 Å². The summed E-state index contributed by atoms with van der Waals surface area (Å²) in [6.07, 6.45) is 0. The third-order valence-electron chi connectivity index (χ3n) is 2.49. The standard InChI is InChI=1S/C13H9BrClNO3/c1-8-2-3-9(14)6-12(8)19-13-7-10(15)4-5-11(13)16(17)18/h2-7H,1H3. The molecule has 19 heavy (non-hydrogen) atoms. The zero-order valence-electron chi connectivity index (χ0n) is 9.89. The van der Waals surface area contributed by atoms with Crippen LogP contribution in [0.5, 0.6) is 11.5 Å². The van der Waals surface area contributed by atoms with E-state index < -0.39 is 4.92 Å². The van der Waals surface area contributed by atoms with E-state index in [1.807, 2.05) is 19.1 Å². The Balaban J connectivity index is 2.45. The molecule has 2 aromatic rings. The van der Waals surface area contributed by atoms with Crippen molar-refractivity contribution in [2.45, 2.75) is 6.92 Å². The smallest absolute Gasteiger partial charge is 0.311 e. The van der Waals surface area contributed by atoms with Crippen LogP contribution >= 0.6 is 27.5 Å². The number of benzene rings is 2. The SMILES string of the molecule is Cc1ccc(Br)cc1Oc1cc(Cl)ccc1[N+](=O)[O-]. The molecule has 0 saturated carbocycles. The fourth-order valence-corrected chi connectivity index (χ4v) is 2.03. The van der Waals surface area contributed by atoms with Gasteiger partial charge in [0, 0.05) is 21.6 Å². The zero-order chi connectivity index (χ0) is 14.0. The second-order valence-electron chi connectivity index (χ2n) is 3.88. The highest BCUT2D eigenvalue weighted by atomic mass is 79.9. The first-order valence-corrected chi connectivity index (χ1v) is 6.52. The van der Waals surface area contributed by atoms with Gasteiger partial charge in [0.1, 0.15) is 5.75 Å². The molecule has 2 aromatic carbocycles. The molecule has 0 aliphatic carbocycles. The molecule has 0 spiro atoms. The molecule has 0 bridgehead atoms. The van der Waals surface area contributed by atoms with Crippen molar-refractivity contribution in [3.63, 3.8) is 0 Å². The maximum absolute atomic E-state index is 10.9. The lowest BCUT2D eigenvalue weighted by molar-refractivity contribution is -0.385. The van der Waals surface area contributed by atoms with Gasteiger partial charge in [-0.15, -0.1) is 0 Å². The van der Waals surface area contributed by atoms with Gasteiger partial charge >= 0.3 is 5.69 Å². The van der Waals surface area contributed by atoms with E-state index in [0.717, 1.165) is 10.0 Å². The first kappa shape index (κ1) is 13.8. The van der Waals surface area contributed by atoms with Crippen molar-refractivity contribution in [3.8, 4) is 11.5 Å². The maximum Gasteiger partial charge on any atom is 0.311 e. The minimum atomic E-state index is -0.501. The Kier molecular flexibility index (Phi) is 4.07. The fourth-order valence-electron chi connectivity index (χ4n) is 1.52. The van der Waals surface area contributed by atoms with Crippen LogP contribution in [-0.2, 0) is 0 Å². The van der Waals surface area contributed by atoms with E-state index in [4.69, 9.17) is 16.3 Å². The van der Waals surface area contributed by atoms with Crippen molar-refractivity contribution in [1.29, 1.82) is 0 Å². The molecule has 0 N–H and O–H groups in total. The summed E-state index contributed by atoms with van der Waals surface area (Å²) in [6, 6.07) is 9.69. The van der Waals surface area contributed by atoms with Crippen molar-refractivity contribution < 1.29 is 9.66 Å². The fraction of sp³-hybridized carbons (Fsp3) is 0.0769. The van der Waals surface area contributed by atoms with E-state index in [2.05, 4.69) is 15.9 Å². The summed E-state index contributed by atoms with van der Waals surface area (Å²) in [5.74, 6) is 0.665. The van der Waals surface area contributed by atoms with Crippen LogP contribution in [0.1, 0.15) is 5.56 Å². The summed E-state index contributed by atoms with van der Waals surface area (Å²) in [7, 11) is 0. The number of rotatable bonds is 3. The van der Waals surface area contributed by atoms with Gasteiger partial charge in [-0.2, -0.15) is 0 Å². The Morgan fingerprint density at radius 2 is 1.95 bits per heavy atom. The number of halogens is 2. The summed E-state index contributed by atoms with van der Waals surface area (Å²) in [4.78, 5) is 10.4. The molecule has 2 rings (SSSR count). The second-order valence-corrected chi connectivity index (χ2v) is 5.23. The van der Waals surface area contributed by atoms with Crippen LogP contribution in [0.15, 0.2) is 40.9 Å². The Morgan fingerprint density at radius 3 is 2.63 bits per heavy atom. The molecule has 0 aliphatic heterocycles. The summed E-state index contributed by atoms with van der Waals surface area (Å²) < 4.78 is 6.44. The van der Waals surface area contributed by atoms with Crippen LogP contribution in [0.2, 0.25) is 5.02 Å². The van der Waals surface area contributed by atoms with Crippen LogP contribution in [0.3, 0.4) is 0 Å². The molecular weight excluding hydrogens is 334 g/mol. The van der Waals surface area contributed by atoms with Crippen molar-refractivity contribution in [2.24, 2.45) is 0 Å². The van der Waals surface area contributed by atoms with Gasteiger partial charge in [-0.3, -0.25) is 10.1 Å². The van der Waals surface area contributed by atoms with Crippen molar-refractivity contribution >= 4 is 33.2 Å². The molecule has 0 amide bonds. The number of hydrogen-bond acceptors (Lipinski definition) is 3. The Morgan fingerprint density at radius 1 is 1.21 bits per heavy atom. The van der Waals surface area contributed by atoms with Crippen molar-refractivity contribution in [2.75, 3.05) is 0 Å². The summed E-state index contributed by atoms with van der Waals surface area (Å²) in [6.45, 7) is 1.86. The third-order valence-corrected chi connectivity index (χ3v) is 3.22. The lowest BCUT2D eigenvalue weighted by Gasteiger charge is -2.09. The van der Waals surface area contributed by atoms with Gasteiger partial charge in [0.2, 0.25) is 5.75 Å². The van der Waals surface area contributed by atoms with Crippen LogP contribution in [0.25, 0.3) is 0 Å². The molecule has 0 unspecified atom stereocenters. The zero-order valence-corrected chi connectivity index (χ0v) is 12.2. The number of hydrogen-bond donors (Lipinski definition) is 0.